The molecular weight excluding hydrogens is 394 g/mol. The van der Waals surface area contributed by atoms with Gasteiger partial charge in [0, 0.05) is 45.8 Å². The number of likely N-dealkylation sites (tertiary alicyclic amines) is 1. The number of piperidine rings is 1. The Morgan fingerprint density at radius 2 is 1.87 bits per heavy atom. The fourth-order valence-corrected chi connectivity index (χ4v) is 4.14. The van der Waals surface area contributed by atoms with Crippen molar-refractivity contribution in [1.29, 1.82) is 0 Å². The molecule has 0 aromatic heterocycles. The van der Waals surface area contributed by atoms with Crippen LogP contribution in [-0.4, -0.2) is 87.5 Å². The second kappa shape index (κ2) is 11.9. The van der Waals surface area contributed by atoms with Gasteiger partial charge in [-0.2, -0.15) is 0 Å². The summed E-state index contributed by atoms with van der Waals surface area (Å²) in [6.07, 6.45) is 1.55. The van der Waals surface area contributed by atoms with Crippen molar-refractivity contribution < 1.29 is 14.3 Å². The van der Waals surface area contributed by atoms with E-state index >= 15 is 0 Å². The van der Waals surface area contributed by atoms with Crippen molar-refractivity contribution in [3.63, 3.8) is 0 Å². The minimum absolute atomic E-state index is 0.213. The topological polar surface area (TPSA) is 78.4 Å². The Morgan fingerprint density at radius 1 is 1.19 bits per heavy atom. The molecule has 172 valence electrons. The number of benzene rings is 1. The van der Waals surface area contributed by atoms with E-state index in [1.165, 1.54) is 11.1 Å². The first-order valence-electron chi connectivity index (χ1n) is 11.4. The van der Waals surface area contributed by atoms with Crippen molar-refractivity contribution in [3.05, 3.63) is 35.4 Å². The number of hydrogen-bond acceptors (Lipinski definition) is 5. The highest BCUT2D eigenvalue weighted by Crippen LogP contribution is 2.22. The number of nitrogens with one attached hydrogen (secondary N) is 2. The summed E-state index contributed by atoms with van der Waals surface area (Å²) in [6.45, 7) is 9.94. The molecule has 8 nitrogen and oxygen atoms in total. The van der Waals surface area contributed by atoms with Crippen LogP contribution in [0.3, 0.4) is 0 Å². The maximum absolute atomic E-state index is 11.9. The van der Waals surface area contributed by atoms with Gasteiger partial charge >= 0.3 is 6.09 Å². The van der Waals surface area contributed by atoms with Crippen LogP contribution in [0.2, 0.25) is 0 Å². The molecule has 8 heteroatoms. The van der Waals surface area contributed by atoms with Crippen LogP contribution in [0.1, 0.15) is 36.9 Å². The number of carbonyl (C=O) groups is 1. The monoisotopic (exact) mass is 431 g/mol. The van der Waals surface area contributed by atoms with Crippen molar-refractivity contribution in [3.8, 4) is 0 Å². The van der Waals surface area contributed by atoms with Crippen LogP contribution in [0.25, 0.3) is 0 Å². The summed E-state index contributed by atoms with van der Waals surface area (Å²) in [7, 11) is 1.80. The molecule has 2 aliphatic heterocycles. The molecule has 2 aliphatic rings. The number of aliphatic imine (C=N–C) groups is 1. The summed E-state index contributed by atoms with van der Waals surface area (Å²) in [5, 5.41) is 7.07. The summed E-state index contributed by atoms with van der Waals surface area (Å²) in [4.78, 5) is 20.6. The highest BCUT2D eigenvalue weighted by Gasteiger charge is 2.26. The van der Waals surface area contributed by atoms with Gasteiger partial charge in [-0.1, -0.05) is 29.8 Å². The lowest BCUT2D eigenvalue weighted by Gasteiger charge is -2.36. The first-order valence-corrected chi connectivity index (χ1v) is 11.4. The molecule has 3 rings (SSSR count). The lowest BCUT2D eigenvalue weighted by atomic mass is 10.0. The zero-order valence-electron chi connectivity index (χ0n) is 19.1. The fraction of sp³-hybridized carbons (Fsp3) is 0.652. The van der Waals surface area contributed by atoms with E-state index in [2.05, 4.69) is 51.7 Å². The third-order valence-corrected chi connectivity index (χ3v) is 6.00. The van der Waals surface area contributed by atoms with Gasteiger partial charge in [-0.25, -0.2) is 4.79 Å². The first-order chi connectivity index (χ1) is 15.1. The number of nitrogens with zero attached hydrogens (tertiary/aromatic N) is 3. The van der Waals surface area contributed by atoms with Crippen molar-refractivity contribution in [1.82, 2.24) is 20.4 Å². The van der Waals surface area contributed by atoms with Gasteiger partial charge in [0.25, 0.3) is 0 Å². The maximum atomic E-state index is 11.9. The number of amides is 1. The Balaban J connectivity index is 1.54. The van der Waals surface area contributed by atoms with Gasteiger partial charge in [0.2, 0.25) is 0 Å². The maximum Gasteiger partial charge on any atom is 0.409 e. The SMILES string of the molecule is CCOC(=O)N1CCC(NC(=NC)NCC(c2ccc(C)cc2)N2CCOCC2)CC1. The van der Waals surface area contributed by atoms with Crippen LogP contribution >= 0.6 is 0 Å². The van der Waals surface area contributed by atoms with Gasteiger partial charge in [-0.15, -0.1) is 0 Å². The van der Waals surface area contributed by atoms with Gasteiger partial charge < -0.3 is 25.0 Å². The van der Waals surface area contributed by atoms with Crippen LogP contribution in [0.15, 0.2) is 29.3 Å². The van der Waals surface area contributed by atoms with E-state index in [-0.39, 0.29) is 18.2 Å². The number of guanidine groups is 1. The Kier molecular flexibility index (Phi) is 8.97. The van der Waals surface area contributed by atoms with Crippen LogP contribution in [-0.2, 0) is 9.47 Å². The molecule has 0 spiro atoms. The van der Waals surface area contributed by atoms with Crippen molar-refractivity contribution in [2.75, 3.05) is 59.6 Å². The Hall–Kier alpha value is -2.32. The lowest BCUT2D eigenvalue weighted by molar-refractivity contribution is 0.0170. The molecule has 2 heterocycles. The smallest absolute Gasteiger partial charge is 0.409 e. The van der Waals surface area contributed by atoms with Gasteiger partial charge in [0.1, 0.15) is 0 Å². The molecule has 1 aromatic rings. The number of rotatable bonds is 6. The van der Waals surface area contributed by atoms with Crippen LogP contribution < -0.4 is 10.6 Å². The molecule has 1 atom stereocenters. The molecule has 0 saturated carbocycles. The molecule has 2 fully saturated rings. The minimum Gasteiger partial charge on any atom is -0.450 e. The zero-order chi connectivity index (χ0) is 22.1. The molecule has 1 amide bonds. The highest BCUT2D eigenvalue weighted by molar-refractivity contribution is 5.80. The van der Waals surface area contributed by atoms with E-state index in [0.717, 1.165) is 51.6 Å². The third kappa shape index (κ3) is 6.83. The molecular formula is C23H37N5O3. The van der Waals surface area contributed by atoms with Gasteiger partial charge in [0.15, 0.2) is 5.96 Å². The van der Waals surface area contributed by atoms with E-state index < -0.39 is 0 Å². The van der Waals surface area contributed by atoms with E-state index in [0.29, 0.717) is 19.7 Å². The zero-order valence-corrected chi connectivity index (χ0v) is 19.1. The number of hydrogen-bond donors (Lipinski definition) is 2. The number of ether oxygens (including phenoxy) is 2. The van der Waals surface area contributed by atoms with Crippen LogP contribution in [0.4, 0.5) is 4.79 Å². The number of carbonyl (C=O) groups excluding carboxylic acids is 1. The van der Waals surface area contributed by atoms with Crippen molar-refractivity contribution >= 4 is 12.1 Å². The van der Waals surface area contributed by atoms with E-state index in [1.54, 1.807) is 11.9 Å². The fourth-order valence-electron chi connectivity index (χ4n) is 4.14. The normalized spacial score (nSPS) is 19.7. The van der Waals surface area contributed by atoms with E-state index in [4.69, 9.17) is 9.47 Å². The molecule has 0 radical (unpaired) electrons. The molecule has 31 heavy (non-hydrogen) atoms. The van der Waals surface area contributed by atoms with E-state index in [1.807, 2.05) is 6.92 Å². The van der Waals surface area contributed by atoms with Crippen LogP contribution in [0, 0.1) is 6.92 Å². The molecule has 0 aliphatic carbocycles. The molecule has 1 aromatic carbocycles. The number of morpholine rings is 1. The summed E-state index contributed by atoms with van der Waals surface area (Å²) in [5.74, 6) is 0.806. The molecule has 0 bridgehead atoms. The van der Waals surface area contributed by atoms with Crippen LogP contribution in [0.5, 0.6) is 0 Å². The summed E-state index contributed by atoms with van der Waals surface area (Å²) in [6, 6.07) is 9.34. The Morgan fingerprint density at radius 3 is 2.48 bits per heavy atom. The predicted molar refractivity (Wildman–Crippen MR) is 122 cm³/mol. The quantitative estimate of drug-likeness (QED) is 0.531. The molecule has 1 unspecified atom stereocenters. The minimum atomic E-state index is -0.213. The number of aryl methyl sites for hydroxylation is 1. The Bertz CT molecular complexity index is 710. The van der Waals surface area contributed by atoms with Crippen molar-refractivity contribution in [2.45, 2.75) is 38.8 Å². The second-order valence-corrected chi connectivity index (χ2v) is 8.13. The lowest BCUT2D eigenvalue weighted by Crippen LogP contribution is -2.51. The van der Waals surface area contributed by atoms with Gasteiger partial charge in [-0.05, 0) is 32.3 Å². The first kappa shape index (κ1) is 23.3. The molecule has 2 saturated heterocycles. The van der Waals surface area contributed by atoms with Crippen molar-refractivity contribution in [2.24, 2.45) is 4.99 Å². The second-order valence-electron chi connectivity index (χ2n) is 8.13. The third-order valence-electron chi connectivity index (χ3n) is 6.00. The average molecular weight is 432 g/mol. The summed E-state index contributed by atoms with van der Waals surface area (Å²) >= 11 is 0. The largest absolute Gasteiger partial charge is 0.450 e. The standard InChI is InChI=1S/C23H37N5O3/c1-4-31-23(29)28-11-9-20(10-12-28)26-22(24-3)25-17-21(27-13-15-30-16-14-27)19-7-5-18(2)6-8-19/h5-8,20-21H,4,9-17H2,1-3H3,(H2,24,25,26). The average Bonchev–Trinajstić information content (AvgIpc) is 2.81. The van der Waals surface area contributed by atoms with Gasteiger partial charge in [0.05, 0.1) is 25.9 Å². The van der Waals surface area contributed by atoms with E-state index in [9.17, 15) is 4.79 Å². The summed E-state index contributed by atoms with van der Waals surface area (Å²) < 4.78 is 10.7. The Labute approximate surface area is 186 Å². The highest BCUT2D eigenvalue weighted by atomic mass is 16.6. The van der Waals surface area contributed by atoms with Gasteiger partial charge in [-0.3, -0.25) is 9.89 Å². The predicted octanol–water partition coefficient (Wildman–Crippen LogP) is 2.15. The molecule has 2 N–H and O–H groups in total. The summed E-state index contributed by atoms with van der Waals surface area (Å²) in [5.41, 5.74) is 2.57.